The van der Waals surface area contributed by atoms with Gasteiger partial charge in [-0.1, -0.05) is 72.8 Å². The predicted molar refractivity (Wildman–Crippen MR) is 469 cm³/mol. The van der Waals surface area contributed by atoms with E-state index in [2.05, 4.69) is 10.6 Å². The Morgan fingerprint density at radius 1 is 0.395 bits per heavy atom. The summed E-state index contributed by atoms with van der Waals surface area (Å²) in [6, 6.07) is 51.6. The van der Waals surface area contributed by atoms with Gasteiger partial charge in [-0.05, 0) is 169 Å². The average Bonchev–Trinajstić information content (AvgIpc) is 0.836. The topological polar surface area (TPSA) is 398 Å². The van der Waals surface area contributed by atoms with Gasteiger partial charge in [-0.3, -0.25) is 4.79 Å². The van der Waals surface area contributed by atoms with Crippen LogP contribution in [-0.2, 0) is 49.2 Å². The van der Waals surface area contributed by atoms with Crippen LogP contribution in [0.4, 0.5) is 0 Å². The van der Waals surface area contributed by atoms with Crippen LogP contribution in [0, 0.1) is 11.3 Å². The highest BCUT2D eigenvalue weighted by atomic mass is 32.2. The number of ketones is 1. The summed E-state index contributed by atoms with van der Waals surface area (Å²) in [5.74, 6) is 5.84. The van der Waals surface area contributed by atoms with E-state index in [1.165, 1.54) is 50.5 Å². The van der Waals surface area contributed by atoms with Gasteiger partial charge in [0.2, 0.25) is 0 Å². The van der Waals surface area contributed by atoms with Crippen molar-refractivity contribution in [3.8, 4) is 75.1 Å². The summed E-state index contributed by atoms with van der Waals surface area (Å²) in [5, 5.41) is 17.6. The second kappa shape index (κ2) is 50.9. The van der Waals surface area contributed by atoms with Crippen molar-refractivity contribution >= 4 is 66.4 Å². The van der Waals surface area contributed by atoms with E-state index in [1.807, 2.05) is 146 Å². The van der Waals surface area contributed by atoms with Crippen molar-refractivity contribution in [2.45, 2.75) is 79.6 Å². The number of nitrogens with one attached hydrogen (secondary N) is 2. The van der Waals surface area contributed by atoms with Crippen molar-refractivity contribution in [2.75, 3.05) is 131 Å². The number of carbonyl (C=O) groups excluding carboxylic acids is 1. The molecule has 0 unspecified atom stereocenters. The van der Waals surface area contributed by atoms with Crippen LogP contribution in [0.2, 0.25) is 0 Å². The zero-order valence-electron chi connectivity index (χ0n) is 71.0. The molecule has 0 bridgehead atoms. The molecule has 0 spiro atoms. The number of nitriles is 1. The van der Waals surface area contributed by atoms with Crippen molar-refractivity contribution in [1.29, 1.82) is 5.26 Å². The SMILES string of the molecule is CCOc1cc(/C(=C\S(C)(=O)=O)N[C@@H](C)c2ccccc2)ccc1OC.CCOc1cc(/C(N)=C\S(C)(=O)=O)ccc1OC.CCOc1cc(C#N)ccc1OC.CCOc1cc(C(=O)CS(C)(=O)=O)ccc1OC.CCOc1cc([C@@H](CS(C)(=O)=O)N[C@@H](C)c2ccccc2)ccc1OC.CCOc1cc([C@H](N)CS(C)(=O)=O)ccc1OC. The number of hydrogen-bond donors (Lipinski definition) is 4. The van der Waals surface area contributed by atoms with E-state index in [0.29, 0.717) is 142 Å². The molecular weight excluding hydrogens is 1630 g/mol. The van der Waals surface area contributed by atoms with Gasteiger partial charge in [-0.2, -0.15) is 5.26 Å². The fourth-order valence-electron chi connectivity index (χ4n) is 10.9. The lowest BCUT2D eigenvalue weighted by atomic mass is 10.0. The Morgan fingerprint density at radius 2 is 0.731 bits per heavy atom. The first-order valence-electron chi connectivity index (χ1n) is 37.4. The van der Waals surface area contributed by atoms with E-state index in [0.717, 1.165) is 34.6 Å². The largest absolute Gasteiger partial charge is 0.493 e. The maximum atomic E-state index is 12.0. The van der Waals surface area contributed by atoms with Crippen LogP contribution in [0.25, 0.3) is 11.4 Å². The van der Waals surface area contributed by atoms with Crippen molar-refractivity contribution in [2.24, 2.45) is 11.5 Å². The quantitative estimate of drug-likeness (QED) is 0.0263. The Balaban J connectivity index is 0.000000374. The molecule has 119 heavy (non-hydrogen) atoms. The molecule has 0 fully saturated rings. The summed E-state index contributed by atoms with van der Waals surface area (Å²) < 4.78 is 178. The zero-order chi connectivity index (χ0) is 89.3. The first-order chi connectivity index (χ1) is 56.1. The predicted octanol–water partition coefficient (Wildman–Crippen LogP) is 13.1. The highest BCUT2D eigenvalue weighted by Crippen LogP contribution is 2.36. The monoisotopic (exact) mass is 1750 g/mol. The van der Waals surface area contributed by atoms with E-state index < -0.39 is 66.8 Å². The van der Waals surface area contributed by atoms with Crippen LogP contribution in [0.15, 0.2) is 181 Å². The Morgan fingerprint density at radius 3 is 1.11 bits per heavy atom. The molecule has 0 radical (unpaired) electrons. The lowest BCUT2D eigenvalue weighted by molar-refractivity contribution is 0.102. The summed E-state index contributed by atoms with van der Waals surface area (Å²) in [6.45, 7) is 18.2. The van der Waals surface area contributed by atoms with Gasteiger partial charge in [0.15, 0.2) is 104 Å². The number of ether oxygens (including phenoxy) is 12. The van der Waals surface area contributed by atoms with Gasteiger partial charge in [-0.15, -0.1) is 0 Å². The second-order valence-corrected chi connectivity index (χ2v) is 36.5. The molecule has 0 aliphatic heterocycles. The minimum Gasteiger partial charge on any atom is -0.493 e. The molecule has 33 heteroatoms. The molecule has 0 amide bonds. The van der Waals surface area contributed by atoms with Crippen LogP contribution >= 0.6 is 0 Å². The van der Waals surface area contributed by atoms with Crippen molar-refractivity contribution in [3.05, 3.63) is 225 Å². The fraction of sp³-hybridized carbons (Fsp3) is 0.372. The first-order valence-corrected chi connectivity index (χ1v) is 47.5. The molecule has 8 aromatic rings. The second-order valence-electron chi connectivity index (χ2n) is 26.2. The molecule has 0 heterocycles. The van der Waals surface area contributed by atoms with Gasteiger partial charge in [0.05, 0.1) is 128 Å². The minimum atomic E-state index is -3.34. The lowest BCUT2D eigenvalue weighted by Crippen LogP contribution is -2.30. The molecule has 0 aliphatic rings. The fourth-order valence-corrected chi connectivity index (χ4v) is 14.5. The maximum absolute atomic E-state index is 12.0. The van der Waals surface area contributed by atoms with Crippen LogP contribution in [0.5, 0.6) is 69.0 Å². The summed E-state index contributed by atoms with van der Waals surface area (Å²) in [4.78, 5) is 11.7. The minimum absolute atomic E-state index is 0.000551. The standard InChI is InChI=1S/C20H27NO4S.C20H25NO4S.C12H19NO4S.C12H17NO4S.C12H16O5S.C10H11NO2/c2*1-5-25-20-13-17(11-12-19(20)24-3)18(14-26(4,22)23)21-15(2)16-9-7-6-8-10-16;3*1-4-17-12-7-9(5-6-11(12)16-2)10(13)8-18(3,14)15;1-3-13-10-6-8(7-11)4-5-9(10)12-2/h6-13,15,18,21H,5,14H2,1-4H3;6-15,21H,5H2,1-4H3;5-7,10H,4,8,13H2,1-3H3;5-8H,4,13H2,1-3H3;5-7H,4,8H2,1-3H3;4-6H,3H2,1-2H3/b;18-14+;;10-8+;;/t15-,18+;15-;10-;;;/m001.../s1. The molecule has 4 atom stereocenters. The molecule has 28 nitrogen and oxygen atoms in total. The third kappa shape index (κ3) is 38.3. The molecule has 8 rings (SSSR count). The zero-order valence-corrected chi connectivity index (χ0v) is 75.1. The van der Waals surface area contributed by atoms with Gasteiger partial charge in [0, 0.05) is 78.2 Å². The number of methoxy groups -OCH3 is 6. The van der Waals surface area contributed by atoms with E-state index in [1.54, 1.807) is 101 Å². The highest BCUT2D eigenvalue weighted by molar-refractivity contribution is 7.94. The summed E-state index contributed by atoms with van der Waals surface area (Å²) in [5.41, 5.74) is 18.1. The molecular formula is C86H115N5O23S5. The number of sulfone groups is 5. The van der Waals surface area contributed by atoms with Crippen LogP contribution in [0.3, 0.4) is 0 Å². The van der Waals surface area contributed by atoms with E-state index in [-0.39, 0.29) is 35.3 Å². The third-order valence-electron chi connectivity index (χ3n) is 16.2. The van der Waals surface area contributed by atoms with Crippen molar-refractivity contribution in [1.82, 2.24) is 10.6 Å². The van der Waals surface area contributed by atoms with Crippen molar-refractivity contribution < 1.29 is 104 Å². The summed E-state index contributed by atoms with van der Waals surface area (Å²) in [6.07, 6.45) is 5.71. The highest BCUT2D eigenvalue weighted by Gasteiger charge is 2.24. The molecule has 0 saturated carbocycles. The molecule has 652 valence electrons. The number of Topliss-reactive ketones (excluding diaryl/α,β-unsaturated/α-hetero) is 1. The molecule has 0 aromatic heterocycles. The molecule has 8 aromatic carbocycles. The van der Waals surface area contributed by atoms with Gasteiger partial charge >= 0.3 is 0 Å². The average molecular weight is 1750 g/mol. The smallest absolute Gasteiger partial charge is 0.177 e. The van der Waals surface area contributed by atoms with Gasteiger partial charge in [0.1, 0.15) is 25.4 Å². The van der Waals surface area contributed by atoms with E-state index in [4.69, 9.17) is 73.6 Å². The van der Waals surface area contributed by atoms with E-state index >= 15 is 0 Å². The van der Waals surface area contributed by atoms with Crippen molar-refractivity contribution in [3.63, 3.8) is 0 Å². The molecule has 6 N–H and O–H groups in total. The number of rotatable bonds is 37. The Hall–Kier alpha value is -10.7. The van der Waals surface area contributed by atoms with Crippen LogP contribution < -0.4 is 78.9 Å². The van der Waals surface area contributed by atoms with Crippen LogP contribution in [0.1, 0.15) is 129 Å². The van der Waals surface area contributed by atoms with Gasteiger partial charge in [0.25, 0.3) is 0 Å². The first kappa shape index (κ1) is 102. The number of benzene rings is 8. The maximum Gasteiger partial charge on any atom is 0.177 e. The molecule has 0 aliphatic carbocycles. The molecule has 0 saturated heterocycles. The number of hydrogen-bond acceptors (Lipinski definition) is 28. The summed E-state index contributed by atoms with van der Waals surface area (Å²) in [7, 11) is -6.92. The van der Waals surface area contributed by atoms with Gasteiger partial charge < -0.3 is 78.9 Å². The Bertz CT molecular complexity index is 5220. The van der Waals surface area contributed by atoms with Gasteiger partial charge in [-0.25, -0.2) is 42.1 Å². The van der Waals surface area contributed by atoms with E-state index in [9.17, 15) is 46.9 Å². The third-order valence-corrected chi connectivity index (χ3v) is 20.2. The Kier molecular flexibility index (Phi) is 43.8. The van der Waals surface area contributed by atoms with Crippen LogP contribution in [-0.4, -0.2) is 179 Å². The number of nitrogens with zero attached hydrogens (tertiary/aromatic N) is 1. The normalized spacial score (nSPS) is 12.4. The summed E-state index contributed by atoms with van der Waals surface area (Å²) >= 11 is 0. The number of carbonyl (C=O) groups is 1. The Labute approximate surface area is 703 Å². The number of nitrogens with two attached hydrogens (primary N) is 2. The lowest BCUT2D eigenvalue weighted by Gasteiger charge is -2.24.